The van der Waals surface area contributed by atoms with Crippen LogP contribution in [0.2, 0.25) is 0 Å². The Balaban J connectivity index is 1.48. The van der Waals surface area contributed by atoms with E-state index in [2.05, 4.69) is 10.2 Å². The van der Waals surface area contributed by atoms with Gasteiger partial charge < -0.3 is 10.2 Å². The number of hydrogen-bond donors (Lipinski definition) is 1. The summed E-state index contributed by atoms with van der Waals surface area (Å²) in [6.45, 7) is 5.85. The second-order valence-corrected chi connectivity index (χ2v) is 7.36. The van der Waals surface area contributed by atoms with Crippen molar-refractivity contribution in [1.82, 2.24) is 10.2 Å². The molecule has 0 aromatic heterocycles. The maximum absolute atomic E-state index is 11.3. The lowest BCUT2D eigenvalue weighted by Gasteiger charge is -2.29. The average molecular weight is 242 g/mol. The van der Waals surface area contributed by atoms with E-state index in [1.54, 1.807) is 0 Å². The Bertz CT molecular complexity index is 279. The van der Waals surface area contributed by atoms with Crippen molar-refractivity contribution in [3.8, 4) is 0 Å². The molecule has 0 aromatic carbocycles. The molecule has 1 saturated carbocycles. The molecule has 0 bridgehead atoms. The third-order valence-corrected chi connectivity index (χ3v) is 5.98. The van der Waals surface area contributed by atoms with Gasteiger partial charge in [0.1, 0.15) is 0 Å². The second-order valence-electron chi connectivity index (χ2n) is 5.66. The van der Waals surface area contributed by atoms with Crippen LogP contribution in [0.15, 0.2) is 0 Å². The van der Waals surface area contributed by atoms with Crippen molar-refractivity contribution < 1.29 is 4.21 Å². The Morgan fingerprint density at radius 2 is 1.94 bits per heavy atom. The van der Waals surface area contributed by atoms with Crippen LogP contribution in [0.25, 0.3) is 0 Å². The molecule has 3 rings (SSSR count). The topological polar surface area (TPSA) is 32.3 Å². The molecule has 16 heavy (non-hydrogen) atoms. The van der Waals surface area contributed by atoms with Gasteiger partial charge in [0.2, 0.25) is 0 Å². The van der Waals surface area contributed by atoms with Gasteiger partial charge in [0.05, 0.1) is 0 Å². The SMILES string of the molecule is O=S1CCN(CC2CC23CCNCC3)CC1. The number of rotatable bonds is 2. The highest BCUT2D eigenvalue weighted by atomic mass is 32.2. The smallest absolute Gasteiger partial charge is 0.0363 e. The molecule has 1 spiro atoms. The van der Waals surface area contributed by atoms with Gasteiger partial charge in [0, 0.05) is 41.9 Å². The van der Waals surface area contributed by atoms with Gasteiger partial charge in [-0.2, -0.15) is 0 Å². The molecule has 2 aliphatic heterocycles. The molecule has 3 nitrogen and oxygen atoms in total. The first kappa shape index (κ1) is 11.2. The summed E-state index contributed by atoms with van der Waals surface area (Å²) in [5.41, 5.74) is 0.710. The summed E-state index contributed by atoms with van der Waals surface area (Å²) in [4.78, 5) is 2.54. The van der Waals surface area contributed by atoms with E-state index in [-0.39, 0.29) is 0 Å². The third-order valence-electron chi connectivity index (χ3n) is 4.71. The van der Waals surface area contributed by atoms with Crippen molar-refractivity contribution in [2.75, 3.05) is 44.2 Å². The molecule has 1 N–H and O–H groups in total. The summed E-state index contributed by atoms with van der Waals surface area (Å²) in [6.07, 6.45) is 4.23. The average Bonchev–Trinajstić information content (AvgIpc) is 2.95. The third kappa shape index (κ3) is 2.20. The summed E-state index contributed by atoms with van der Waals surface area (Å²) >= 11 is 0. The Kier molecular flexibility index (Phi) is 3.07. The number of nitrogens with zero attached hydrogens (tertiary/aromatic N) is 1. The van der Waals surface area contributed by atoms with Gasteiger partial charge in [-0.3, -0.25) is 4.21 Å². The highest BCUT2D eigenvalue weighted by Gasteiger charge is 2.53. The summed E-state index contributed by atoms with van der Waals surface area (Å²) in [5, 5.41) is 3.46. The minimum Gasteiger partial charge on any atom is -0.317 e. The van der Waals surface area contributed by atoms with Crippen molar-refractivity contribution in [1.29, 1.82) is 0 Å². The molecule has 0 aromatic rings. The minimum atomic E-state index is -0.520. The molecular weight excluding hydrogens is 220 g/mol. The van der Waals surface area contributed by atoms with Crippen LogP contribution < -0.4 is 5.32 Å². The fraction of sp³-hybridized carbons (Fsp3) is 1.00. The summed E-state index contributed by atoms with van der Waals surface area (Å²) in [6, 6.07) is 0. The van der Waals surface area contributed by atoms with Crippen molar-refractivity contribution in [3.05, 3.63) is 0 Å². The molecule has 2 saturated heterocycles. The Labute approximate surface area is 100 Å². The highest BCUT2D eigenvalue weighted by Crippen LogP contribution is 2.58. The van der Waals surface area contributed by atoms with E-state index >= 15 is 0 Å². The Morgan fingerprint density at radius 1 is 1.25 bits per heavy atom. The van der Waals surface area contributed by atoms with E-state index in [1.165, 1.54) is 38.9 Å². The van der Waals surface area contributed by atoms with Crippen LogP contribution in [0.3, 0.4) is 0 Å². The van der Waals surface area contributed by atoms with Crippen LogP contribution >= 0.6 is 0 Å². The molecule has 2 heterocycles. The number of hydrogen-bond acceptors (Lipinski definition) is 3. The van der Waals surface area contributed by atoms with Crippen LogP contribution in [0, 0.1) is 11.3 Å². The molecular formula is C12H22N2OS. The molecule has 1 atom stereocenters. The van der Waals surface area contributed by atoms with Crippen molar-refractivity contribution in [2.24, 2.45) is 11.3 Å². The summed E-state index contributed by atoms with van der Waals surface area (Å²) < 4.78 is 11.3. The lowest BCUT2D eigenvalue weighted by atomic mass is 9.92. The van der Waals surface area contributed by atoms with Gasteiger partial charge in [-0.1, -0.05) is 0 Å². The Hall–Kier alpha value is 0.0700. The fourth-order valence-electron chi connectivity index (χ4n) is 3.40. The molecule has 1 unspecified atom stereocenters. The molecule has 0 radical (unpaired) electrons. The first-order valence-electron chi connectivity index (χ1n) is 6.57. The zero-order valence-corrected chi connectivity index (χ0v) is 10.7. The van der Waals surface area contributed by atoms with Crippen LogP contribution in [0.4, 0.5) is 0 Å². The minimum absolute atomic E-state index is 0.520. The van der Waals surface area contributed by atoms with E-state index in [4.69, 9.17) is 0 Å². The van der Waals surface area contributed by atoms with Gasteiger partial charge in [-0.15, -0.1) is 0 Å². The van der Waals surface area contributed by atoms with E-state index in [0.29, 0.717) is 5.41 Å². The van der Waals surface area contributed by atoms with Gasteiger partial charge in [0.15, 0.2) is 0 Å². The quantitative estimate of drug-likeness (QED) is 0.763. The first-order chi connectivity index (χ1) is 7.78. The standard InChI is InChI=1S/C12H22N2OS/c15-16-7-5-14(6-8-16)10-11-9-12(11)1-3-13-4-2-12/h11,13H,1-10H2. The van der Waals surface area contributed by atoms with Crippen molar-refractivity contribution in [3.63, 3.8) is 0 Å². The predicted octanol–water partition coefficient (Wildman–Crippen LogP) is 0.440. The predicted molar refractivity (Wildman–Crippen MR) is 67.0 cm³/mol. The maximum atomic E-state index is 11.3. The van der Waals surface area contributed by atoms with E-state index in [1.807, 2.05) is 0 Å². The molecule has 3 aliphatic rings. The van der Waals surface area contributed by atoms with Crippen molar-refractivity contribution in [2.45, 2.75) is 19.3 Å². The zero-order chi connectivity index (χ0) is 11.0. The van der Waals surface area contributed by atoms with E-state index in [9.17, 15) is 4.21 Å². The van der Waals surface area contributed by atoms with E-state index in [0.717, 1.165) is 30.5 Å². The molecule has 1 aliphatic carbocycles. The number of piperidine rings is 1. The molecule has 3 fully saturated rings. The second kappa shape index (κ2) is 4.39. The highest BCUT2D eigenvalue weighted by molar-refractivity contribution is 7.85. The van der Waals surface area contributed by atoms with Gasteiger partial charge >= 0.3 is 0 Å². The number of nitrogens with one attached hydrogen (secondary N) is 1. The normalized spacial score (nSPS) is 35.4. The maximum Gasteiger partial charge on any atom is 0.0363 e. The van der Waals surface area contributed by atoms with Crippen molar-refractivity contribution >= 4 is 10.8 Å². The largest absolute Gasteiger partial charge is 0.317 e. The van der Waals surface area contributed by atoms with Gasteiger partial charge in [0.25, 0.3) is 0 Å². The Morgan fingerprint density at radius 3 is 2.62 bits per heavy atom. The van der Waals surface area contributed by atoms with Gasteiger partial charge in [-0.25, -0.2) is 0 Å². The van der Waals surface area contributed by atoms with E-state index < -0.39 is 10.8 Å². The van der Waals surface area contributed by atoms with Crippen LogP contribution in [-0.4, -0.2) is 53.3 Å². The van der Waals surface area contributed by atoms with Crippen LogP contribution in [0.1, 0.15) is 19.3 Å². The molecule has 0 amide bonds. The first-order valence-corrected chi connectivity index (χ1v) is 8.05. The monoisotopic (exact) mass is 242 g/mol. The molecule has 4 heteroatoms. The molecule has 92 valence electrons. The van der Waals surface area contributed by atoms with Crippen LogP contribution in [-0.2, 0) is 10.8 Å². The lowest BCUT2D eigenvalue weighted by molar-refractivity contribution is 0.244. The zero-order valence-electron chi connectivity index (χ0n) is 9.91. The lowest BCUT2D eigenvalue weighted by Crippen LogP contribution is -2.40. The summed E-state index contributed by atoms with van der Waals surface area (Å²) in [5.74, 6) is 2.75. The summed E-state index contributed by atoms with van der Waals surface area (Å²) in [7, 11) is -0.520. The van der Waals surface area contributed by atoms with Crippen LogP contribution in [0.5, 0.6) is 0 Å². The van der Waals surface area contributed by atoms with Gasteiger partial charge in [-0.05, 0) is 43.7 Å². The fourth-order valence-corrected chi connectivity index (χ4v) is 4.52.